The van der Waals surface area contributed by atoms with E-state index in [0.717, 1.165) is 16.1 Å². The van der Waals surface area contributed by atoms with Gasteiger partial charge >= 0.3 is 0 Å². The van der Waals surface area contributed by atoms with Gasteiger partial charge in [-0.05, 0) is 35.9 Å². The van der Waals surface area contributed by atoms with Gasteiger partial charge in [0.05, 0.1) is 5.56 Å². The van der Waals surface area contributed by atoms with Crippen LogP contribution in [0.2, 0.25) is 0 Å². The third-order valence-electron chi connectivity index (χ3n) is 2.90. The van der Waals surface area contributed by atoms with Crippen molar-refractivity contribution in [3.8, 4) is 0 Å². The predicted molar refractivity (Wildman–Crippen MR) is 80.8 cm³/mol. The summed E-state index contributed by atoms with van der Waals surface area (Å²) < 4.78 is 14.2. The van der Waals surface area contributed by atoms with Gasteiger partial charge in [-0.2, -0.15) is 0 Å². The number of nitrogens with two attached hydrogens (primary N) is 1. The molecule has 0 aliphatic rings. The molecule has 104 valence electrons. The van der Waals surface area contributed by atoms with Crippen molar-refractivity contribution < 1.29 is 9.18 Å². The number of benzene rings is 2. The number of hydrogen-bond acceptors (Lipinski definition) is 2. The normalized spacial score (nSPS) is 10.3. The molecule has 0 saturated carbocycles. The Morgan fingerprint density at radius 2 is 2.05 bits per heavy atom. The van der Waals surface area contributed by atoms with E-state index in [1.54, 1.807) is 7.05 Å². The number of nitrogen functional groups attached to an aromatic ring is 1. The van der Waals surface area contributed by atoms with Crippen molar-refractivity contribution in [3.63, 3.8) is 0 Å². The van der Waals surface area contributed by atoms with Crippen molar-refractivity contribution in [1.82, 2.24) is 4.90 Å². The number of nitrogens with zero attached hydrogens (tertiary/aromatic N) is 1. The Morgan fingerprint density at radius 3 is 2.75 bits per heavy atom. The molecule has 0 saturated heterocycles. The third-order valence-corrected chi connectivity index (χ3v) is 3.39. The molecule has 0 radical (unpaired) electrons. The lowest BCUT2D eigenvalue weighted by molar-refractivity contribution is 0.0785. The second-order valence-corrected chi connectivity index (χ2v) is 5.44. The van der Waals surface area contributed by atoms with Crippen molar-refractivity contribution in [2.45, 2.75) is 6.54 Å². The first-order chi connectivity index (χ1) is 9.47. The zero-order chi connectivity index (χ0) is 14.7. The summed E-state index contributed by atoms with van der Waals surface area (Å²) in [6, 6.07) is 11.5. The number of amides is 1. The molecule has 0 spiro atoms. The lowest BCUT2D eigenvalue weighted by atomic mass is 10.1. The molecular weight excluding hydrogens is 323 g/mol. The predicted octanol–water partition coefficient (Wildman–Crippen LogP) is 3.44. The van der Waals surface area contributed by atoms with Crippen LogP contribution in [0, 0.1) is 5.82 Å². The Balaban J connectivity index is 2.18. The molecule has 0 heterocycles. The van der Waals surface area contributed by atoms with Crippen LogP contribution in [-0.4, -0.2) is 17.9 Å². The van der Waals surface area contributed by atoms with E-state index in [0.29, 0.717) is 6.54 Å². The molecule has 0 aliphatic carbocycles. The largest absolute Gasteiger partial charge is 0.398 e. The van der Waals surface area contributed by atoms with Gasteiger partial charge in [-0.25, -0.2) is 4.39 Å². The third kappa shape index (κ3) is 3.36. The minimum Gasteiger partial charge on any atom is -0.398 e. The number of hydrogen-bond donors (Lipinski definition) is 1. The topological polar surface area (TPSA) is 46.3 Å². The van der Waals surface area contributed by atoms with Gasteiger partial charge in [0.2, 0.25) is 0 Å². The van der Waals surface area contributed by atoms with E-state index in [1.165, 1.54) is 17.0 Å². The summed E-state index contributed by atoms with van der Waals surface area (Å²) in [5, 5.41) is 0. The molecule has 0 atom stereocenters. The molecule has 2 N–H and O–H groups in total. The maximum absolute atomic E-state index is 13.2. The summed E-state index contributed by atoms with van der Waals surface area (Å²) >= 11 is 3.38. The molecule has 2 rings (SSSR count). The Hall–Kier alpha value is -1.88. The first-order valence-electron chi connectivity index (χ1n) is 6.02. The fourth-order valence-corrected chi connectivity index (χ4v) is 2.35. The van der Waals surface area contributed by atoms with Gasteiger partial charge in [0.25, 0.3) is 5.91 Å². The van der Waals surface area contributed by atoms with E-state index in [1.807, 2.05) is 24.3 Å². The van der Waals surface area contributed by atoms with Gasteiger partial charge < -0.3 is 10.6 Å². The van der Waals surface area contributed by atoms with Gasteiger partial charge in [0.15, 0.2) is 0 Å². The molecule has 20 heavy (non-hydrogen) atoms. The van der Waals surface area contributed by atoms with Gasteiger partial charge in [-0.3, -0.25) is 4.79 Å². The number of anilines is 1. The number of carbonyl (C=O) groups is 1. The van der Waals surface area contributed by atoms with Crippen LogP contribution in [0.15, 0.2) is 46.9 Å². The molecule has 2 aromatic rings. The summed E-state index contributed by atoms with van der Waals surface area (Å²) in [6.45, 7) is 0.425. The average Bonchev–Trinajstić information content (AvgIpc) is 2.40. The van der Waals surface area contributed by atoms with Crippen LogP contribution < -0.4 is 5.73 Å². The van der Waals surface area contributed by atoms with Crippen LogP contribution in [0.1, 0.15) is 15.9 Å². The first kappa shape index (κ1) is 14.5. The molecule has 3 nitrogen and oxygen atoms in total. The van der Waals surface area contributed by atoms with E-state index in [9.17, 15) is 9.18 Å². The van der Waals surface area contributed by atoms with Crippen LogP contribution in [0.25, 0.3) is 0 Å². The standard InChI is InChI=1S/C15H14BrFN2O/c1-19(9-10-3-2-4-11(16)7-10)15(20)13-8-12(17)5-6-14(13)18/h2-8H,9,18H2,1H3. The van der Waals surface area contributed by atoms with E-state index < -0.39 is 5.82 Å². The van der Waals surface area contributed by atoms with Crippen molar-refractivity contribution in [1.29, 1.82) is 0 Å². The lowest BCUT2D eigenvalue weighted by Gasteiger charge is -2.18. The molecule has 2 aromatic carbocycles. The lowest BCUT2D eigenvalue weighted by Crippen LogP contribution is -2.27. The molecule has 0 fully saturated rings. The maximum atomic E-state index is 13.2. The van der Waals surface area contributed by atoms with Crippen LogP contribution in [0.4, 0.5) is 10.1 Å². The summed E-state index contributed by atoms with van der Waals surface area (Å²) in [4.78, 5) is 13.8. The van der Waals surface area contributed by atoms with Crippen molar-refractivity contribution in [2.24, 2.45) is 0 Å². The van der Waals surface area contributed by atoms with Crippen molar-refractivity contribution >= 4 is 27.5 Å². The highest BCUT2D eigenvalue weighted by Crippen LogP contribution is 2.18. The van der Waals surface area contributed by atoms with Crippen LogP contribution in [-0.2, 0) is 6.54 Å². The average molecular weight is 337 g/mol. The summed E-state index contributed by atoms with van der Waals surface area (Å²) in [5.74, 6) is -0.777. The molecule has 5 heteroatoms. The number of carbonyl (C=O) groups excluding carboxylic acids is 1. The Kier molecular flexibility index (Phi) is 4.39. The fraction of sp³-hybridized carbons (Fsp3) is 0.133. The van der Waals surface area contributed by atoms with Gasteiger partial charge in [-0.15, -0.1) is 0 Å². The zero-order valence-corrected chi connectivity index (χ0v) is 12.5. The number of rotatable bonds is 3. The van der Waals surface area contributed by atoms with Crippen LogP contribution >= 0.6 is 15.9 Å². The Labute approximate surface area is 125 Å². The van der Waals surface area contributed by atoms with Crippen molar-refractivity contribution in [3.05, 3.63) is 63.9 Å². The number of halogens is 2. The zero-order valence-electron chi connectivity index (χ0n) is 10.9. The Morgan fingerprint density at radius 1 is 1.30 bits per heavy atom. The molecule has 0 aromatic heterocycles. The van der Waals surface area contributed by atoms with E-state index in [-0.39, 0.29) is 17.2 Å². The Bertz CT molecular complexity index is 646. The summed E-state index contributed by atoms with van der Waals surface area (Å²) in [5.41, 5.74) is 7.16. The SMILES string of the molecule is CN(Cc1cccc(Br)c1)C(=O)c1cc(F)ccc1N. The highest BCUT2D eigenvalue weighted by molar-refractivity contribution is 9.10. The van der Waals surface area contributed by atoms with Gasteiger partial charge in [-0.1, -0.05) is 28.1 Å². The van der Waals surface area contributed by atoms with Crippen molar-refractivity contribution in [2.75, 3.05) is 12.8 Å². The maximum Gasteiger partial charge on any atom is 0.256 e. The highest BCUT2D eigenvalue weighted by Gasteiger charge is 2.15. The van der Waals surface area contributed by atoms with Gasteiger partial charge in [0.1, 0.15) is 5.82 Å². The van der Waals surface area contributed by atoms with Gasteiger partial charge in [0, 0.05) is 23.8 Å². The minimum atomic E-state index is -0.474. The highest BCUT2D eigenvalue weighted by atomic mass is 79.9. The molecule has 0 unspecified atom stereocenters. The molecular formula is C15H14BrFN2O. The van der Waals surface area contributed by atoms with E-state index >= 15 is 0 Å². The molecule has 0 bridgehead atoms. The quantitative estimate of drug-likeness (QED) is 0.872. The van der Waals surface area contributed by atoms with Crippen LogP contribution in [0.3, 0.4) is 0 Å². The first-order valence-corrected chi connectivity index (χ1v) is 6.81. The van der Waals surface area contributed by atoms with Crippen LogP contribution in [0.5, 0.6) is 0 Å². The second-order valence-electron chi connectivity index (χ2n) is 4.52. The summed E-state index contributed by atoms with van der Waals surface area (Å²) in [7, 11) is 1.66. The molecule has 1 amide bonds. The smallest absolute Gasteiger partial charge is 0.256 e. The monoisotopic (exact) mass is 336 g/mol. The fourth-order valence-electron chi connectivity index (χ4n) is 1.90. The minimum absolute atomic E-state index is 0.183. The van der Waals surface area contributed by atoms with E-state index in [2.05, 4.69) is 15.9 Å². The summed E-state index contributed by atoms with van der Waals surface area (Å²) in [6.07, 6.45) is 0. The van der Waals surface area contributed by atoms with E-state index in [4.69, 9.17) is 5.73 Å². The molecule has 0 aliphatic heterocycles. The second kappa shape index (κ2) is 6.05.